The molecule has 1 atom stereocenters. The first-order valence-corrected chi connectivity index (χ1v) is 8.68. The number of hydrogen-bond acceptors (Lipinski definition) is 6. The quantitative estimate of drug-likeness (QED) is 0.812. The first-order chi connectivity index (χ1) is 11.8. The molecule has 0 aromatic carbocycles. The Morgan fingerprint density at radius 2 is 1.96 bits per heavy atom. The van der Waals surface area contributed by atoms with Gasteiger partial charge in [0.2, 0.25) is 11.9 Å². The molecule has 0 N–H and O–H groups in total. The van der Waals surface area contributed by atoms with Gasteiger partial charge in [-0.1, -0.05) is 0 Å². The molecule has 1 amide bonds. The van der Waals surface area contributed by atoms with Gasteiger partial charge in [0.25, 0.3) is 0 Å². The predicted molar refractivity (Wildman–Crippen MR) is 90.2 cm³/mol. The number of piperidine rings is 1. The summed E-state index contributed by atoms with van der Waals surface area (Å²) < 4.78 is 0. The van der Waals surface area contributed by atoms with E-state index in [1.54, 1.807) is 12.4 Å². The zero-order valence-electron chi connectivity index (χ0n) is 14.0. The number of hydrogen-bond donors (Lipinski definition) is 0. The summed E-state index contributed by atoms with van der Waals surface area (Å²) >= 11 is 0. The molecule has 128 valence electrons. The number of carbonyl (C=O) groups excluding carboxylic acids is 1. The monoisotopic (exact) mass is 328 g/mol. The van der Waals surface area contributed by atoms with Gasteiger partial charge in [-0.3, -0.25) is 4.79 Å². The van der Waals surface area contributed by atoms with Crippen LogP contribution in [0.15, 0.2) is 18.5 Å². The number of rotatable bonds is 4. The molecular formula is C17H24N6O. The number of anilines is 1. The highest BCUT2D eigenvalue weighted by atomic mass is 16.2. The SMILES string of the molecule is N#CCCN1CCCC(C(=O)N2CCN(c3ncccn3)CC2)C1. The molecule has 7 nitrogen and oxygen atoms in total. The molecule has 3 heterocycles. The van der Waals surface area contributed by atoms with Gasteiger partial charge in [-0.05, 0) is 25.5 Å². The van der Waals surface area contributed by atoms with E-state index >= 15 is 0 Å². The minimum Gasteiger partial charge on any atom is -0.339 e. The van der Waals surface area contributed by atoms with Crippen molar-refractivity contribution in [3.05, 3.63) is 18.5 Å². The van der Waals surface area contributed by atoms with Crippen molar-refractivity contribution >= 4 is 11.9 Å². The Balaban J connectivity index is 1.50. The van der Waals surface area contributed by atoms with Crippen LogP contribution in [0.1, 0.15) is 19.3 Å². The van der Waals surface area contributed by atoms with E-state index in [9.17, 15) is 4.79 Å². The number of aromatic nitrogens is 2. The second kappa shape index (κ2) is 8.06. The molecule has 0 spiro atoms. The molecule has 2 aliphatic heterocycles. The van der Waals surface area contributed by atoms with E-state index in [4.69, 9.17) is 5.26 Å². The van der Waals surface area contributed by atoms with Gasteiger partial charge in [0.05, 0.1) is 12.0 Å². The molecule has 0 saturated carbocycles. The van der Waals surface area contributed by atoms with Crippen molar-refractivity contribution in [3.63, 3.8) is 0 Å². The van der Waals surface area contributed by atoms with Crippen molar-refractivity contribution < 1.29 is 4.79 Å². The van der Waals surface area contributed by atoms with E-state index in [1.807, 2.05) is 11.0 Å². The summed E-state index contributed by atoms with van der Waals surface area (Å²) in [5, 5.41) is 8.73. The Morgan fingerprint density at radius 3 is 2.67 bits per heavy atom. The number of likely N-dealkylation sites (tertiary alicyclic amines) is 1. The average Bonchev–Trinajstić information content (AvgIpc) is 2.67. The molecule has 1 unspecified atom stereocenters. The van der Waals surface area contributed by atoms with Gasteiger partial charge in [-0.25, -0.2) is 9.97 Å². The van der Waals surface area contributed by atoms with Crippen LogP contribution in [0, 0.1) is 17.2 Å². The zero-order valence-corrected chi connectivity index (χ0v) is 14.0. The minimum absolute atomic E-state index is 0.0805. The van der Waals surface area contributed by atoms with Gasteiger partial charge in [0, 0.05) is 58.1 Å². The third-order valence-electron chi connectivity index (χ3n) is 4.82. The van der Waals surface area contributed by atoms with Crippen molar-refractivity contribution in [1.29, 1.82) is 5.26 Å². The Bertz CT molecular complexity index is 578. The van der Waals surface area contributed by atoms with Gasteiger partial charge in [0.15, 0.2) is 0 Å². The van der Waals surface area contributed by atoms with Crippen LogP contribution < -0.4 is 4.90 Å². The lowest BCUT2D eigenvalue weighted by Crippen LogP contribution is -2.53. The smallest absolute Gasteiger partial charge is 0.227 e. The fraction of sp³-hybridized carbons (Fsp3) is 0.647. The maximum absolute atomic E-state index is 12.8. The maximum atomic E-state index is 12.8. The van der Waals surface area contributed by atoms with Crippen LogP contribution in [-0.4, -0.2) is 71.5 Å². The average molecular weight is 328 g/mol. The highest BCUT2D eigenvalue weighted by Gasteiger charge is 2.31. The highest BCUT2D eigenvalue weighted by Crippen LogP contribution is 2.20. The highest BCUT2D eigenvalue weighted by molar-refractivity contribution is 5.79. The van der Waals surface area contributed by atoms with Gasteiger partial charge in [-0.15, -0.1) is 0 Å². The maximum Gasteiger partial charge on any atom is 0.227 e. The molecule has 3 rings (SSSR count). The molecule has 0 radical (unpaired) electrons. The van der Waals surface area contributed by atoms with Crippen molar-refractivity contribution in [2.24, 2.45) is 5.92 Å². The lowest BCUT2D eigenvalue weighted by atomic mass is 9.96. The number of amides is 1. The van der Waals surface area contributed by atoms with Crippen molar-refractivity contribution in [2.45, 2.75) is 19.3 Å². The molecular weight excluding hydrogens is 304 g/mol. The lowest BCUT2D eigenvalue weighted by Gasteiger charge is -2.38. The number of nitrogens with zero attached hydrogens (tertiary/aromatic N) is 6. The molecule has 1 aromatic rings. The molecule has 1 aromatic heterocycles. The molecule has 2 aliphatic rings. The van der Waals surface area contributed by atoms with Gasteiger partial charge in [0.1, 0.15) is 0 Å². The van der Waals surface area contributed by atoms with E-state index < -0.39 is 0 Å². The van der Waals surface area contributed by atoms with E-state index in [2.05, 4.69) is 25.8 Å². The normalized spacial score (nSPS) is 22.2. The van der Waals surface area contributed by atoms with E-state index in [0.717, 1.165) is 64.6 Å². The molecule has 0 aliphatic carbocycles. The van der Waals surface area contributed by atoms with Crippen molar-refractivity contribution in [1.82, 2.24) is 19.8 Å². The Labute approximate surface area is 142 Å². The summed E-state index contributed by atoms with van der Waals surface area (Å²) in [4.78, 5) is 27.7. The van der Waals surface area contributed by atoms with Crippen molar-refractivity contribution in [2.75, 3.05) is 50.7 Å². The molecule has 7 heteroatoms. The number of piperazine rings is 1. The van der Waals surface area contributed by atoms with Crippen LogP contribution >= 0.6 is 0 Å². The lowest BCUT2D eigenvalue weighted by molar-refractivity contribution is -0.137. The van der Waals surface area contributed by atoms with Crippen LogP contribution in [0.25, 0.3) is 0 Å². The predicted octanol–water partition coefficient (Wildman–Crippen LogP) is 0.751. The van der Waals surface area contributed by atoms with Crippen LogP contribution in [0.5, 0.6) is 0 Å². The molecule has 2 fully saturated rings. The Kier molecular flexibility index (Phi) is 5.59. The zero-order chi connectivity index (χ0) is 16.8. The first kappa shape index (κ1) is 16.7. The molecule has 2 saturated heterocycles. The third-order valence-corrected chi connectivity index (χ3v) is 4.82. The first-order valence-electron chi connectivity index (χ1n) is 8.68. The van der Waals surface area contributed by atoms with Crippen LogP contribution in [0.4, 0.5) is 5.95 Å². The fourth-order valence-electron chi connectivity index (χ4n) is 3.51. The Morgan fingerprint density at radius 1 is 1.21 bits per heavy atom. The van der Waals surface area contributed by atoms with E-state index in [-0.39, 0.29) is 11.8 Å². The summed E-state index contributed by atoms with van der Waals surface area (Å²) in [6.45, 7) is 5.59. The molecule has 0 bridgehead atoms. The number of carbonyl (C=O) groups is 1. The summed E-state index contributed by atoms with van der Waals surface area (Å²) in [5.41, 5.74) is 0. The summed E-state index contributed by atoms with van der Waals surface area (Å²) in [6.07, 6.45) is 6.04. The largest absolute Gasteiger partial charge is 0.339 e. The third kappa shape index (κ3) is 4.01. The van der Waals surface area contributed by atoms with E-state index in [1.165, 1.54) is 0 Å². The van der Waals surface area contributed by atoms with Gasteiger partial charge in [-0.2, -0.15) is 5.26 Å². The summed E-state index contributed by atoms with van der Waals surface area (Å²) in [7, 11) is 0. The van der Waals surface area contributed by atoms with Crippen LogP contribution in [-0.2, 0) is 4.79 Å². The summed E-state index contributed by atoms with van der Waals surface area (Å²) in [5.74, 6) is 1.09. The van der Waals surface area contributed by atoms with Crippen LogP contribution in [0.2, 0.25) is 0 Å². The number of nitriles is 1. The fourth-order valence-corrected chi connectivity index (χ4v) is 3.51. The summed E-state index contributed by atoms with van der Waals surface area (Å²) in [6, 6.07) is 4.00. The van der Waals surface area contributed by atoms with Crippen molar-refractivity contribution in [3.8, 4) is 6.07 Å². The minimum atomic E-state index is 0.0805. The Hall–Kier alpha value is -2.20. The van der Waals surface area contributed by atoms with E-state index in [0.29, 0.717) is 6.42 Å². The second-order valence-electron chi connectivity index (χ2n) is 6.41. The van der Waals surface area contributed by atoms with Gasteiger partial charge >= 0.3 is 0 Å². The topological polar surface area (TPSA) is 76.4 Å². The second-order valence-corrected chi connectivity index (χ2v) is 6.41. The standard InChI is InChI=1S/C17H24N6O/c18-5-2-9-21-8-1-4-15(14-21)16(24)22-10-12-23(13-11-22)17-19-6-3-7-20-17/h3,6-7,15H,1-2,4,8-14H2. The van der Waals surface area contributed by atoms with Gasteiger partial charge < -0.3 is 14.7 Å². The van der Waals surface area contributed by atoms with Crippen LogP contribution in [0.3, 0.4) is 0 Å². The molecule has 24 heavy (non-hydrogen) atoms.